The van der Waals surface area contributed by atoms with Crippen LogP contribution in [0.25, 0.3) is 0 Å². The molecule has 0 N–H and O–H groups in total. The minimum absolute atomic E-state index is 0.00868. The molecule has 0 radical (unpaired) electrons. The fraction of sp³-hybridized carbons (Fsp3) is 0.357. The van der Waals surface area contributed by atoms with Crippen LogP contribution in [-0.2, 0) is 9.59 Å². The molecule has 3 amide bonds. The number of hydrogen-bond acceptors (Lipinski definition) is 4. The molecule has 1 heterocycles. The zero-order chi connectivity index (χ0) is 25.5. The van der Waals surface area contributed by atoms with Gasteiger partial charge in [-0.2, -0.15) is 5.01 Å². The minimum Gasteiger partial charge on any atom is -0.292 e. The average Bonchev–Trinajstić information content (AvgIpc) is 3.64. The maximum absolute atomic E-state index is 13.9. The summed E-state index contributed by atoms with van der Waals surface area (Å²) in [4.78, 5) is 55.2. The van der Waals surface area contributed by atoms with Crippen molar-refractivity contribution >= 4 is 46.7 Å². The molecule has 3 fully saturated rings. The Morgan fingerprint density at radius 3 is 2.08 bits per heavy atom. The Kier molecular flexibility index (Phi) is 5.39. The number of aryl methyl sites for hydroxylation is 1. The second-order valence-electron chi connectivity index (χ2n) is 10.3. The van der Waals surface area contributed by atoms with E-state index in [2.05, 4.69) is 12.2 Å². The number of carbonyl (C=O) groups excluding carboxylic acids is 4. The Bertz CT molecular complexity index is 1320. The lowest BCUT2D eigenvalue weighted by Crippen LogP contribution is -2.56. The molecule has 2 aromatic rings. The van der Waals surface area contributed by atoms with Crippen LogP contribution in [0.1, 0.15) is 39.6 Å². The van der Waals surface area contributed by atoms with E-state index in [0.717, 1.165) is 22.0 Å². The third-order valence-electron chi connectivity index (χ3n) is 8.31. The molecule has 8 heteroatoms. The number of rotatable bonds is 5. The van der Waals surface area contributed by atoms with E-state index in [9.17, 15) is 19.2 Å². The van der Waals surface area contributed by atoms with Crippen molar-refractivity contribution in [1.29, 1.82) is 0 Å². The van der Waals surface area contributed by atoms with Gasteiger partial charge in [-0.15, -0.1) is 0 Å². The minimum atomic E-state index is -1.12. The molecule has 2 aromatic carbocycles. The van der Waals surface area contributed by atoms with Crippen LogP contribution in [0, 0.1) is 42.4 Å². The maximum Gasteiger partial charge on any atom is 0.275 e. The van der Waals surface area contributed by atoms with Gasteiger partial charge in [0.05, 0.1) is 22.4 Å². The SMILES string of the molecule is Cc1ccc(C(=O)[C@H](C)N(C(=O)c2ccc(Cl)cc2Cl)N2C(=O)[C@@H]3[C@H]4C=C[C@@H]([C@@H]5C[C@H]45)[C@H]3C2=O)cc1. The molecule has 6 nitrogen and oxygen atoms in total. The van der Waals surface area contributed by atoms with Crippen LogP contribution >= 0.6 is 23.2 Å². The molecule has 1 aliphatic heterocycles. The van der Waals surface area contributed by atoms with E-state index in [1.807, 2.05) is 6.92 Å². The van der Waals surface area contributed by atoms with Gasteiger partial charge in [0.25, 0.3) is 17.7 Å². The zero-order valence-electron chi connectivity index (χ0n) is 19.7. The molecule has 1 saturated heterocycles. The second kappa shape index (κ2) is 8.29. The largest absolute Gasteiger partial charge is 0.292 e. The average molecular weight is 523 g/mol. The molecule has 0 aromatic heterocycles. The number of Topliss-reactive ketones (excluding diaryl/α,β-unsaturated/α-hetero) is 1. The molecule has 7 atom stereocenters. The van der Waals surface area contributed by atoms with Gasteiger partial charge in [0.2, 0.25) is 0 Å². The van der Waals surface area contributed by atoms with E-state index in [0.29, 0.717) is 22.4 Å². The Morgan fingerprint density at radius 1 is 0.944 bits per heavy atom. The molecular formula is C28H24Cl2N2O4. The van der Waals surface area contributed by atoms with E-state index < -0.39 is 35.6 Å². The van der Waals surface area contributed by atoms with Crippen LogP contribution in [0.5, 0.6) is 0 Å². The number of allylic oxidation sites excluding steroid dienone is 2. The molecule has 0 spiro atoms. The van der Waals surface area contributed by atoms with Crippen molar-refractivity contribution in [2.75, 3.05) is 0 Å². The summed E-state index contributed by atoms with van der Waals surface area (Å²) in [6.45, 7) is 3.45. The van der Waals surface area contributed by atoms with Gasteiger partial charge in [0.15, 0.2) is 5.78 Å². The first-order valence-corrected chi connectivity index (χ1v) is 12.9. The van der Waals surface area contributed by atoms with Crippen molar-refractivity contribution in [3.63, 3.8) is 0 Å². The quantitative estimate of drug-likeness (QED) is 0.315. The topological polar surface area (TPSA) is 74.8 Å². The highest BCUT2D eigenvalue weighted by molar-refractivity contribution is 6.36. The molecule has 0 unspecified atom stereocenters. The first kappa shape index (κ1) is 23.4. The van der Waals surface area contributed by atoms with Crippen molar-refractivity contribution in [1.82, 2.24) is 10.0 Å². The predicted octanol–water partition coefficient (Wildman–Crippen LogP) is 4.98. The van der Waals surface area contributed by atoms with Gasteiger partial charge in [-0.25, -0.2) is 5.01 Å². The fourth-order valence-electron chi connectivity index (χ4n) is 6.45. The zero-order valence-corrected chi connectivity index (χ0v) is 21.2. The van der Waals surface area contributed by atoms with Gasteiger partial charge in [-0.1, -0.05) is 65.2 Å². The Labute approximate surface area is 218 Å². The highest BCUT2D eigenvalue weighted by Gasteiger charge is 2.68. The lowest BCUT2D eigenvalue weighted by Gasteiger charge is -2.37. The number of hydrazine groups is 1. The van der Waals surface area contributed by atoms with Gasteiger partial charge in [-0.05, 0) is 62.1 Å². The molecule has 2 bridgehead atoms. The van der Waals surface area contributed by atoms with Crippen LogP contribution in [-0.4, -0.2) is 39.6 Å². The van der Waals surface area contributed by atoms with Crippen LogP contribution in [0.3, 0.4) is 0 Å². The molecule has 36 heavy (non-hydrogen) atoms. The number of halogens is 2. The van der Waals surface area contributed by atoms with Crippen LogP contribution in [0.4, 0.5) is 0 Å². The van der Waals surface area contributed by atoms with Crippen molar-refractivity contribution in [3.8, 4) is 0 Å². The summed E-state index contributed by atoms with van der Waals surface area (Å²) in [5.41, 5.74) is 1.42. The van der Waals surface area contributed by atoms with Gasteiger partial charge in [-0.3, -0.25) is 19.2 Å². The fourth-order valence-corrected chi connectivity index (χ4v) is 6.94. The standard InChI is InChI=1S/C28H24Cl2N2O4/c1-13-3-5-15(6-4-13)25(33)14(2)31(26(34)19-8-7-16(29)11-22(19)30)32-27(35)23-17-9-10-18(21-12-20(17)21)24(23)28(32)36/h3-11,14,17-18,20-21,23-24H,12H2,1-2H3/t14-,17-,18-,20-,21+,23+,24+/m0/s1. The normalized spacial score (nSPS) is 30.2. The molecular weight excluding hydrogens is 499 g/mol. The van der Waals surface area contributed by atoms with E-state index in [-0.39, 0.29) is 28.2 Å². The van der Waals surface area contributed by atoms with E-state index in [1.54, 1.807) is 24.3 Å². The van der Waals surface area contributed by atoms with Gasteiger partial charge in [0.1, 0.15) is 6.04 Å². The summed E-state index contributed by atoms with van der Waals surface area (Å²) in [5.74, 6) is -2.12. The number of carbonyl (C=O) groups is 4. The summed E-state index contributed by atoms with van der Waals surface area (Å²) in [6.07, 6.45) is 5.16. The van der Waals surface area contributed by atoms with Gasteiger partial charge < -0.3 is 0 Å². The predicted molar refractivity (Wildman–Crippen MR) is 134 cm³/mol. The van der Waals surface area contributed by atoms with Crippen molar-refractivity contribution in [3.05, 3.63) is 81.4 Å². The molecule has 7 rings (SSSR count). The third kappa shape index (κ3) is 3.38. The van der Waals surface area contributed by atoms with Crippen molar-refractivity contribution < 1.29 is 19.2 Å². The Morgan fingerprint density at radius 2 is 1.53 bits per heavy atom. The van der Waals surface area contributed by atoms with Gasteiger partial charge in [0, 0.05) is 10.6 Å². The molecule has 184 valence electrons. The number of benzene rings is 2. The Balaban J connectivity index is 1.42. The molecule has 5 aliphatic rings. The maximum atomic E-state index is 13.9. The number of hydrogen-bond donors (Lipinski definition) is 0. The first-order chi connectivity index (χ1) is 17.2. The summed E-state index contributed by atoms with van der Waals surface area (Å²) in [5, 5.41) is 2.38. The first-order valence-electron chi connectivity index (χ1n) is 12.1. The van der Waals surface area contributed by atoms with E-state index in [4.69, 9.17) is 23.2 Å². The lowest BCUT2D eigenvalue weighted by atomic mass is 9.63. The van der Waals surface area contributed by atoms with Crippen LogP contribution in [0.15, 0.2) is 54.6 Å². The lowest BCUT2D eigenvalue weighted by molar-refractivity contribution is -0.156. The second-order valence-corrected chi connectivity index (χ2v) is 11.2. The summed E-state index contributed by atoms with van der Waals surface area (Å²) < 4.78 is 0. The van der Waals surface area contributed by atoms with E-state index >= 15 is 0 Å². The van der Waals surface area contributed by atoms with Crippen molar-refractivity contribution in [2.45, 2.75) is 26.3 Å². The number of amides is 3. The molecule has 2 saturated carbocycles. The van der Waals surface area contributed by atoms with Gasteiger partial charge >= 0.3 is 0 Å². The molecule has 4 aliphatic carbocycles. The monoisotopic (exact) mass is 522 g/mol. The third-order valence-corrected chi connectivity index (χ3v) is 8.85. The number of nitrogens with zero attached hydrogens (tertiary/aromatic N) is 2. The summed E-state index contributed by atoms with van der Waals surface area (Å²) >= 11 is 12.4. The Hall–Kier alpha value is -2.96. The van der Waals surface area contributed by atoms with Crippen LogP contribution in [0.2, 0.25) is 10.0 Å². The summed E-state index contributed by atoms with van der Waals surface area (Å²) in [7, 11) is 0. The number of imide groups is 1. The summed E-state index contributed by atoms with van der Waals surface area (Å²) in [6, 6.07) is 10.2. The smallest absolute Gasteiger partial charge is 0.275 e. The number of ketones is 1. The van der Waals surface area contributed by atoms with E-state index in [1.165, 1.54) is 25.1 Å². The van der Waals surface area contributed by atoms with Crippen LogP contribution < -0.4 is 0 Å². The van der Waals surface area contributed by atoms with Crippen molar-refractivity contribution in [2.24, 2.45) is 35.5 Å². The highest BCUT2D eigenvalue weighted by Crippen LogP contribution is 2.65. The highest BCUT2D eigenvalue weighted by atomic mass is 35.5.